The summed E-state index contributed by atoms with van der Waals surface area (Å²) in [5.41, 5.74) is 0.680. The fourth-order valence-electron chi connectivity index (χ4n) is 1.18. The van der Waals surface area contributed by atoms with E-state index in [1.807, 2.05) is 6.08 Å². The van der Waals surface area contributed by atoms with Crippen molar-refractivity contribution >= 4 is 22.2 Å². The van der Waals surface area contributed by atoms with Crippen LogP contribution in [0.5, 0.6) is 0 Å². The highest BCUT2D eigenvalue weighted by molar-refractivity contribution is 9.10. The van der Waals surface area contributed by atoms with Gasteiger partial charge in [-0.1, -0.05) is 0 Å². The fraction of sp³-hybridized carbons (Fsp3) is 0.444. The van der Waals surface area contributed by atoms with Gasteiger partial charge < -0.3 is 9.47 Å². The molecule has 1 atom stereocenters. The number of methoxy groups -OCH3 is 2. The summed E-state index contributed by atoms with van der Waals surface area (Å²) >= 11 is 3.35. The Morgan fingerprint density at radius 1 is 1.62 bits per heavy atom. The molecule has 13 heavy (non-hydrogen) atoms. The SMILES string of the molecule is COC1=CCC(C=O)=CC1(Br)OC. The normalized spacial score (nSPS) is 27.6. The molecule has 1 rings (SSSR count). The first-order chi connectivity index (χ1) is 6.16. The lowest BCUT2D eigenvalue weighted by molar-refractivity contribution is -0.105. The first-order valence-corrected chi connectivity index (χ1v) is 4.61. The van der Waals surface area contributed by atoms with Crippen molar-refractivity contribution in [1.82, 2.24) is 0 Å². The maximum absolute atomic E-state index is 10.5. The van der Waals surface area contributed by atoms with Crippen LogP contribution in [-0.2, 0) is 14.3 Å². The molecule has 0 N–H and O–H groups in total. The van der Waals surface area contributed by atoms with Crippen LogP contribution in [0.15, 0.2) is 23.5 Å². The van der Waals surface area contributed by atoms with E-state index in [4.69, 9.17) is 9.47 Å². The second-order valence-corrected chi connectivity index (χ2v) is 3.84. The van der Waals surface area contributed by atoms with Gasteiger partial charge in [0, 0.05) is 7.11 Å². The number of rotatable bonds is 3. The van der Waals surface area contributed by atoms with Crippen molar-refractivity contribution in [1.29, 1.82) is 0 Å². The van der Waals surface area contributed by atoms with E-state index in [0.29, 0.717) is 17.8 Å². The Hall–Kier alpha value is -0.610. The topological polar surface area (TPSA) is 35.5 Å². The molecule has 0 amide bonds. The molecule has 4 heteroatoms. The smallest absolute Gasteiger partial charge is 0.198 e. The lowest BCUT2D eigenvalue weighted by Crippen LogP contribution is -2.27. The summed E-state index contributed by atoms with van der Waals surface area (Å²) in [7, 11) is 3.12. The van der Waals surface area contributed by atoms with Crippen LogP contribution in [0.1, 0.15) is 6.42 Å². The van der Waals surface area contributed by atoms with Crippen LogP contribution >= 0.6 is 15.9 Å². The molecule has 0 bridgehead atoms. The summed E-state index contributed by atoms with van der Waals surface area (Å²) in [4.78, 5) is 10.5. The maximum atomic E-state index is 10.5. The Balaban J connectivity index is 2.97. The Morgan fingerprint density at radius 3 is 2.77 bits per heavy atom. The third kappa shape index (κ3) is 2.00. The number of allylic oxidation sites excluding steroid dienone is 2. The van der Waals surface area contributed by atoms with E-state index in [0.717, 1.165) is 6.29 Å². The van der Waals surface area contributed by atoms with Crippen molar-refractivity contribution in [2.45, 2.75) is 10.9 Å². The minimum atomic E-state index is -0.782. The van der Waals surface area contributed by atoms with E-state index in [2.05, 4.69) is 15.9 Å². The molecule has 0 heterocycles. The highest BCUT2D eigenvalue weighted by atomic mass is 79.9. The van der Waals surface area contributed by atoms with Crippen LogP contribution in [0.3, 0.4) is 0 Å². The average molecular weight is 247 g/mol. The van der Waals surface area contributed by atoms with Gasteiger partial charge >= 0.3 is 0 Å². The second kappa shape index (κ2) is 4.07. The zero-order valence-electron chi connectivity index (χ0n) is 7.54. The first-order valence-electron chi connectivity index (χ1n) is 3.82. The van der Waals surface area contributed by atoms with Crippen LogP contribution in [0.25, 0.3) is 0 Å². The highest BCUT2D eigenvalue weighted by Gasteiger charge is 2.32. The van der Waals surface area contributed by atoms with Gasteiger partial charge in [0.25, 0.3) is 0 Å². The van der Waals surface area contributed by atoms with Gasteiger partial charge in [0.2, 0.25) is 0 Å². The Kier molecular flexibility index (Phi) is 3.27. The number of alkyl halides is 1. The summed E-state index contributed by atoms with van der Waals surface area (Å²) in [6, 6.07) is 0. The number of aldehydes is 1. The van der Waals surface area contributed by atoms with Crippen LogP contribution < -0.4 is 0 Å². The third-order valence-electron chi connectivity index (χ3n) is 1.90. The van der Waals surface area contributed by atoms with E-state index in [-0.39, 0.29) is 0 Å². The van der Waals surface area contributed by atoms with Crippen molar-refractivity contribution in [3.8, 4) is 0 Å². The molecule has 72 valence electrons. The summed E-state index contributed by atoms with van der Waals surface area (Å²) in [6.45, 7) is 0. The lowest BCUT2D eigenvalue weighted by atomic mass is 10.0. The van der Waals surface area contributed by atoms with E-state index in [9.17, 15) is 4.79 Å². The average Bonchev–Trinajstić information content (AvgIpc) is 2.17. The van der Waals surface area contributed by atoms with Crippen molar-refractivity contribution < 1.29 is 14.3 Å². The molecular weight excluding hydrogens is 236 g/mol. The molecule has 1 aliphatic carbocycles. The second-order valence-electron chi connectivity index (χ2n) is 2.66. The highest BCUT2D eigenvalue weighted by Crippen LogP contribution is 2.35. The molecule has 0 saturated carbocycles. The molecule has 0 spiro atoms. The van der Waals surface area contributed by atoms with Crippen LogP contribution in [0.2, 0.25) is 0 Å². The van der Waals surface area contributed by atoms with Crippen molar-refractivity contribution in [2.24, 2.45) is 0 Å². The van der Waals surface area contributed by atoms with Gasteiger partial charge in [0.1, 0.15) is 12.0 Å². The molecule has 0 aliphatic heterocycles. The molecule has 0 saturated heterocycles. The number of halogens is 1. The van der Waals surface area contributed by atoms with Gasteiger partial charge in [-0.15, -0.1) is 0 Å². The molecule has 1 aliphatic rings. The van der Waals surface area contributed by atoms with Gasteiger partial charge in [-0.2, -0.15) is 0 Å². The van der Waals surface area contributed by atoms with Gasteiger partial charge in [0.15, 0.2) is 4.51 Å². The van der Waals surface area contributed by atoms with E-state index < -0.39 is 4.51 Å². The summed E-state index contributed by atoms with van der Waals surface area (Å²) < 4.78 is 9.54. The summed E-state index contributed by atoms with van der Waals surface area (Å²) in [5.74, 6) is 0.667. The largest absolute Gasteiger partial charge is 0.497 e. The van der Waals surface area contributed by atoms with E-state index >= 15 is 0 Å². The van der Waals surface area contributed by atoms with Crippen LogP contribution in [0.4, 0.5) is 0 Å². The van der Waals surface area contributed by atoms with Crippen molar-refractivity contribution in [3.63, 3.8) is 0 Å². The minimum Gasteiger partial charge on any atom is -0.497 e. The van der Waals surface area contributed by atoms with Crippen LogP contribution in [0, 0.1) is 0 Å². The van der Waals surface area contributed by atoms with Crippen molar-refractivity contribution in [2.75, 3.05) is 14.2 Å². The van der Waals surface area contributed by atoms with Crippen molar-refractivity contribution in [3.05, 3.63) is 23.5 Å². The Morgan fingerprint density at radius 2 is 2.31 bits per heavy atom. The third-order valence-corrected chi connectivity index (χ3v) is 2.84. The molecule has 0 aromatic heterocycles. The summed E-state index contributed by atoms with van der Waals surface area (Å²) in [5, 5.41) is 0. The molecule has 3 nitrogen and oxygen atoms in total. The van der Waals surface area contributed by atoms with E-state index in [1.165, 1.54) is 0 Å². The number of hydrogen-bond donors (Lipinski definition) is 0. The molecule has 0 radical (unpaired) electrons. The van der Waals surface area contributed by atoms with Gasteiger partial charge in [-0.25, -0.2) is 0 Å². The quantitative estimate of drug-likeness (QED) is 0.563. The summed E-state index contributed by atoms with van der Waals surface area (Å²) in [6.07, 6.45) is 4.93. The monoisotopic (exact) mass is 246 g/mol. The van der Waals surface area contributed by atoms with E-state index in [1.54, 1.807) is 20.3 Å². The Labute approximate surface area is 85.5 Å². The molecular formula is C9H11BrO3. The predicted octanol–water partition coefficient (Wildman–Crippen LogP) is 1.78. The number of carbonyl (C=O) groups excluding carboxylic acids is 1. The number of hydrogen-bond acceptors (Lipinski definition) is 3. The zero-order chi connectivity index (χ0) is 9.90. The van der Waals surface area contributed by atoms with Crippen LogP contribution in [-0.4, -0.2) is 25.0 Å². The zero-order valence-corrected chi connectivity index (χ0v) is 9.13. The lowest BCUT2D eigenvalue weighted by Gasteiger charge is -2.27. The predicted molar refractivity (Wildman–Crippen MR) is 52.5 cm³/mol. The fourth-order valence-corrected chi connectivity index (χ4v) is 1.80. The molecule has 0 aromatic rings. The van der Waals surface area contributed by atoms with Gasteiger partial charge in [-0.3, -0.25) is 4.79 Å². The Bertz CT molecular complexity index is 270. The first kappa shape index (κ1) is 10.5. The number of ether oxygens (including phenoxy) is 2. The van der Waals surface area contributed by atoms with Gasteiger partial charge in [0.05, 0.1) is 7.11 Å². The molecule has 1 unspecified atom stereocenters. The maximum Gasteiger partial charge on any atom is 0.198 e. The molecule has 0 fully saturated rings. The minimum absolute atomic E-state index is 0.587. The standard InChI is InChI=1S/C9H11BrO3/c1-12-8-4-3-7(6-11)5-9(8,10)13-2/h4-6H,3H2,1-2H3. The molecule has 0 aromatic carbocycles. The number of carbonyl (C=O) groups is 1. The van der Waals surface area contributed by atoms with Gasteiger partial charge in [-0.05, 0) is 40.1 Å².